The normalized spacial score (nSPS) is 16.3. The molecule has 5 nitrogen and oxygen atoms in total. The summed E-state index contributed by atoms with van der Waals surface area (Å²) in [7, 11) is 0. The number of likely N-dealkylation sites (tertiary alicyclic amines) is 1. The van der Waals surface area contributed by atoms with Crippen LogP contribution in [0.15, 0.2) is 47.2 Å². The number of alkyl carbamates (subject to hydrolysis) is 1. The van der Waals surface area contributed by atoms with E-state index in [0.717, 1.165) is 18.4 Å². The molecule has 1 fully saturated rings. The molecule has 1 aromatic heterocycles. The van der Waals surface area contributed by atoms with Crippen molar-refractivity contribution in [3.8, 4) is 0 Å². The number of carbonyl (C=O) groups excluding carboxylic acids is 2. The number of benzene rings is 1. The monoisotopic (exact) mass is 414 g/mol. The standard InChI is InChI=1S/C23H30N2O3S/c1-23(2,3)28-22(27)24-20(15-17-11-14-29-16-17)21(26)25-12-9-19(10-13-25)18-7-5-4-6-8-18/h4-8,11,14,16,19-20H,9-10,12-13,15H2,1-3H3,(H,24,27). The minimum atomic E-state index is -0.618. The van der Waals surface area contributed by atoms with Crippen LogP contribution in [0.4, 0.5) is 4.79 Å². The highest BCUT2D eigenvalue weighted by Crippen LogP contribution is 2.28. The van der Waals surface area contributed by atoms with Crippen molar-refractivity contribution in [2.75, 3.05) is 13.1 Å². The van der Waals surface area contributed by atoms with Gasteiger partial charge in [-0.15, -0.1) is 0 Å². The SMILES string of the molecule is CC(C)(C)OC(=O)NC(Cc1ccsc1)C(=O)N1CCC(c2ccccc2)CC1. The minimum absolute atomic E-state index is 0.0337. The fourth-order valence-corrected chi connectivity index (χ4v) is 4.35. The van der Waals surface area contributed by atoms with Crippen LogP contribution in [0.3, 0.4) is 0 Å². The predicted octanol–water partition coefficient (Wildman–Crippen LogP) is 4.59. The molecule has 1 unspecified atom stereocenters. The summed E-state index contributed by atoms with van der Waals surface area (Å²) < 4.78 is 5.38. The number of thiophene rings is 1. The molecule has 156 valence electrons. The van der Waals surface area contributed by atoms with Gasteiger partial charge in [0, 0.05) is 19.5 Å². The average Bonchev–Trinajstić information content (AvgIpc) is 3.19. The summed E-state index contributed by atoms with van der Waals surface area (Å²) in [6.45, 7) is 6.85. The molecule has 3 rings (SSSR count). The van der Waals surface area contributed by atoms with Crippen LogP contribution in [-0.2, 0) is 16.0 Å². The number of nitrogens with one attached hydrogen (secondary N) is 1. The quantitative estimate of drug-likeness (QED) is 0.778. The zero-order valence-electron chi connectivity index (χ0n) is 17.4. The molecule has 6 heteroatoms. The minimum Gasteiger partial charge on any atom is -0.444 e. The van der Waals surface area contributed by atoms with E-state index >= 15 is 0 Å². The van der Waals surface area contributed by atoms with Crippen LogP contribution < -0.4 is 5.32 Å². The smallest absolute Gasteiger partial charge is 0.408 e. The van der Waals surface area contributed by atoms with Gasteiger partial charge in [-0.05, 0) is 67.5 Å². The lowest BCUT2D eigenvalue weighted by Crippen LogP contribution is -2.52. The number of ether oxygens (including phenoxy) is 1. The van der Waals surface area contributed by atoms with E-state index in [4.69, 9.17) is 4.74 Å². The Morgan fingerprint density at radius 2 is 1.86 bits per heavy atom. The summed E-state index contributed by atoms with van der Waals surface area (Å²) in [6, 6.07) is 11.8. The van der Waals surface area contributed by atoms with Crippen molar-refractivity contribution in [3.05, 3.63) is 58.3 Å². The van der Waals surface area contributed by atoms with Crippen LogP contribution in [0.1, 0.15) is 50.7 Å². The second-order valence-electron chi connectivity index (χ2n) is 8.54. The number of piperidine rings is 1. The molecular weight excluding hydrogens is 384 g/mol. The third-order valence-electron chi connectivity index (χ3n) is 5.09. The van der Waals surface area contributed by atoms with E-state index in [2.05, 4.69) is 29.6 Å². The lowest BCUT2D eigenvalue weighted by atomic mass is 9.89. The number of rotatable bonds is 5. The van der Waals surface area contributed by atoms with Crippen molar-refractivity contribution < 1.29 is 14.3 Å². The highest BCUT2D eigenvalue weighted by atomic mass is 32.1. The molecule has 29 heavy (non-hydrogen) atoms. The molecule has 1 N–H and O–H groups in total. The van der Waals surface area contributed by atoms with E-state index < -0.39 is 17.7 Å². The Kier molecular flexibility index (Phi) is 6.96. The Bertz CT molecular complexity index is 791. The number of hydrogen-bond donors (Lipinski definition) is 1. The number of amides is 2. The van der Waals surface area contributed by atoms with Gasteiger partial charge in [0.15, 0.2) is 0 Å². The van der Waals surface area contributed by atoms with Crippen molar-refractivity contribution in [1.29, 1.82) is 0 Å². The second-order valence-corrected chi connectivity index (χ2v) is 9.32. The van der Waals surface area contributed by atoms with E-state index in [9.17, 15) is 9.59 Å². The van der Waals surface area contributed by atoms with Crippen molar-refractivity contribution in [2.24, 2.45) is 0 Å². The lowest BCUT2D eigenvalue weighted by Gasteiger charge is -2.34. The molecule has 2 aromatic rings. The molecule has 0 spiro atoms. The predicted molar refractivity (Wildman–Crippen MR) is 116 cm³/mol. The third kappa shape index (κ3) is 6.32. The van der Waals surface area contributed by atoms with Gasteiger partial charge in [0.05, 0.1) is 0 Å². The van der Waals surface area contributed by atoms with Crippen molar-refractivity contribution >= 4 is 23.3 Å². The van der Waals surface area contributed by atoms with Gasteiger partial charge < -0.3 is 15.0 Å². The van der Waals surface area contributed by atoms with Gasteiger partial charge in [-0.1, -0.05) is 30.3 Å². The number of nitrogens with zero attached hydrogens (tertiary/aromatic N) is 1. The van der Waals surface area contributed by atoms with E-state index in [1.54, 1.807) is 11.3 Å². The zero-order valence-corrected chi connectivity index (χ0v) is 18.2. The first-order valence-electron chi connectivity index (χ1n) is 10.2. The molecule has 1 saturated heterocycles. The summed E-state index contributed by atoms with van der Waals surface area (Å²) in [4.78, 5) is 27.4. The molecule has 2 heterocycles. The van der Waals surface area contributed by atoms with Crippen LogP contribution in [0, 0.1) is 0 Å². The molecular formula is C23H30N2O3S. The van der Waals surface area contributed by atoms with Gasteiger partial charge in [-0.3, -0.25) is 4.79 Å². The topological polar surface area (TPSA) is 58.6 Å². The van der Waals surface area contributed by atoms with Crippen LogP contribution >= 0.6 is 11.3 Å². The van der Waals surface area contributed by atoms with Gasteiger partial charge in [-0.2, -0.15) is 11.3 Å². The fraction of sp³-hybridized carbons (Fsp3) is 0.478. The zero-order chi connectivity index (χ0) is 20.9. The highest BCUT2D eigenvalue weighted by molar-refractivity contribution is 7.07. The van der Waals surface area contributed by atoms with Crippen molar-refractivity contribution in [2.45, 2.75) is 57.6 Å². The molecule has 0 saturated carbocycles. The second kappa shape index (κ2) is 9.44. The number of hydrogen-bond acceptors (Lipinski definition) is 4. The van der Waals surface area contributed by atoms with E-state index in [1.165, 1.54) is 5.56 Å². The maximum atomic E-state index is 13.2. The largest absolute Gasteiger partial charge is 0.444 e. The van der Waals surface area contributed by atoms with E-state index in [1.807, 2.05) is 48.6 Å². The number of carbonyl (C=O) groups is 2. The Balaban J connectivity index is 1.64. The maximum absolute atomic E-state index is 13.2. The first-order chi connectivity index (χ1) is 13.8. The summed E-state index contributed by atoms with van der Waals surface area (Å²) >= 11 is 1.59. The van der Waals surface area contributed by atoms with E-state index in [-0.39, 0.29) is 5.91 Å². The Morgan fingerprint density at radius 1 is 1.17 bits per heavy atom. The summed E-state index contributed by atoms with van der Waals surface area (Å²) in [5, 5.41) is 6.80. The average molecular weight is 415 g/mol. The molecule has 1 aromatic carbocycles. The van der Waals surface area contributed by atoms with Crippen LogP contribution in [0.5, 0.6) is 0 Å². The van der Waals surface area contributed by atoms with Gasteiger partial charge >= 0.3 is 6.09 Å². The highest BCUT2D eigenvalue weighted by Gasteiger charge is 2.31. The Morgan fingerprint density at radius 3 is 2.45 bits per heavy atom. The first kappa shape index (κ1) is 21.4. The molecule has 1 aliphatic rings. The summed E-state index contributed by atoms with van der Waals surface area (Å²) in [5.41, 5.74) is 1.78. The van der Waals surface area contributed by atoms with Crippen LogP contribution in [-0.4, -0.2) is 41.6 Å². The van der Waals surface area contributed by atoms with Crippen molar-refractivity contribution in [3.63, 3.8) is 0 Å². The molecule has 1 atom stereocenters. The van der Waals surface area contributed by atoms with Crippen LogP contribution in [0.25, 0.3) is 0 Å². The molecule has 0 radical (unpaired) electrons. The van der Waals surface area contributed by atoms with E-state index in [0.29, 0.717) is 25.4 Å². The van der Waals surface area contributed by atoms with Crippen molar-refractivity contribution in [1.82, 2.24) is 10.2 Å². The van der Waals surface area contributed by atoms with Gasteiger partial charge in [-0.25, -0.2) is 4.79 Å². The lowest BCUT2D eigenvalue weighted by molar-refractivity contribution is -0.134. The molecule has 0 bridgehead atoms. The fourth-order valence-electron chi connectivity index (χ4n) is 3.67. The van der Waals surface area contributed by atoms with Gasteiger partial charge in [0.2, 0.25) is 5.91 Å². The van der Waals surface area contributed by atoms with Gasteiger partial charge in [0.25, 0.3) is 0 Å². The first-order valence-corrected chi connectivity index (χ1v) is 11.1. The molecule has 2 amide bonds. The molecule has 0 aliphatic carbocycles. The third-order valence-corrected chi connectivity index (χ3v) is 5.82. The maximum Gasteiger partial charge on any atom is 0.408 e. The summed E-state index contributed by atoms with van der Waals surface area (Å²) in [5.74, 6) is 0.447. The van der Waals surface area contributed by atoms with Crippen LogP contribution in [0.2, 0.25) is 0 Å². The molecule has 1 aliphatic heterocycles. The Hall–Kier alpha value is -2.34. The summed E-state index contributed by atoms with van der Waals surface area (Å²) in [6.07, 6.45) is 1.80. The van der Waals surface area contributed by atoms with Gasteiger partial charge in [0.1, 0.15) is 11.6 Å². The Labute approximate surface area is 177 Å².